The molecule has 2 aliphatic rings. The summed E-state index contributed by atoms with van der Waals surface area (Å²) in [6.07, 6.45) is 2.34. The van der Waals surface area contributed by atoms with Crippen LogP contribution in [0.4, 0.5) is 4.79 Å². The van der Waals surface area contributed by atoms with Crippen LogP contribution in [0.2, 0.25) is 0 Å². The van der Waals surface area contributed by atoms with Gasteiger partial charge in [0.05, 0.1) is 30.2 Å². The van der Waals surface area contributed by atoms with Crippen molar-refractivity contribution < 1.29 is 43.6 Å². The second kappa shape index (κ2) is 14.7. The van der Waals surface area contributed by atoms with Gasteiger partial charge in [-0.05, 0) is 31.3 Å². The summed E-state index contributed by atoms with van der Waals surface area (Å²) in [7, 11) is 2.79. The van der Waals surface area contributed by atoms with E-state index in [1.807, 2.05) is 6.92 Å². The molecule has 7 N–H and O–H groups in total. The molecule has 2 rings (SSSR count). The number of nitrogens with one attached hydrogen (secondary N) is 1. The third kappa shape index (κ3) is 8.21. The number of aliphatic hydroxyl groups is 2. The summed E-state index contributed by atoms with van der Waals surface area (Å²) >= 11 is 0. The highest BCUT2D eigenvalue weighted by Crippen LogP contribution is 2.28. The van der Waals surface area contributed by atoms with Crippen LogP contribution in [0.5, 0.6) is 0 Å². The zero-order chi connectivity index (χ0) is 30.1. The van der Waals surface area contributed by atoms with Crippen LogP contribution in [0.1, 0.15) is 33.6 Å². The largest absolute Gasteiger partial charge is 0.439 e. The maximum Gasteiger partial charge on any atom is 0.405 e. The molecule has 0 saturated heterocycles. The van der Waals surface area contributed by atoms with E-state index in [4.69, 9.17) is 25.7 Å². The van der Waals surface area contributed by atoms with Gasteiger partial charge in [0.2, 0.25) is 11.6 Å². The van der Waals surface area contributed by atoms with Gasteiger partial charge in [-0.1, -0.05) is 38.2 Å². The Kier molecular flexibility index (Phi) is 12.0. The predicted molar refractivity (Wildman–Crippen MR) is 145 cm³/mol. The fourth-order valence-electron chi connectivity index (χ4n) is 4.61. The Morgan fingerprint density at radius 3 is 2.42 bits per heavy atom. The molecule has 0 spiro atoms. The Morgan fingerprint density at radius 1 is 1.18 bits per heavy atom. The van der Waals surface area contributed by atoms with Gasteiger partial charge in [-0.2, -0.15) is 0 Å². The number of allylic oxidation sites excluding steroid dienone is 4. The number of carbonyl (C=O) groups is 4. The molecule has 1 heterocycles. The first-order valence-electron chi connectivity index (χ1n) is 12.8. The Labute approximate surface area is 233 Å². The van der Waals surface area contributed by atoms with Crippen LogP contribution in [-0.2, 0) is 28.6 Å². The SMILES string of the molecule is CO[C@H]1/C=C/C=C(/C)C(=O)NC2=CC(=O)C(N)=C(C[C@@H](C)C[C@H](OC)[C@H](O)[C@@H](C)/C=C(\CO)[C@@H]1OC(N)=O)C2=O. The molecule has 0 aromatic rings. The Bertz CT molecular complexity index is 1150. The summed E-state index contributed by atoms with van der Waals surface area (Å²) in [4.78, 5) is 50.2. The standard InChI is InChI=1S/C28H39N3O9/c1-14-9-18-23(29)20(33)12-19(25(18)35)31-27(36)15(2)7-6-8-21(38-4)26(40-28(30)37)17(13-32)11-16(3)24(34)22(10-14)39-5/h6-8,11-12,14,16,21-22,24,26,32,34H,9-10,13,29H2,1-5H3,(H2,30,37)(H,31,36)/b8-6+,15-7-,17-11+/t14-,16+,21+,22+,24-,26+/m1/s1. The molecule has 0 saturated carbocycles. The monoisotopic (exact) mass is 561 g/mol. The van der Waals surface area contributed by atoms with Crippen molar-refractivity contribution in [2.24, 2.45) is 23.3 Å². The zero-order valence-corrected chi connectivity index (χ0v) is 23.4. The van der Waals surface area contributed by atoms with E-state index in [0.717, 1.165) is 6.08 Å². The van der Waals surface area contributed by atoms with E-state index in [2.05, 4.69) is 5.32 Å². The van der Waals surface area contributed by atoms with Gasteiger partial charge < -0.3 is 41.2 Å². The summed E-state index contributed by atoms with van der Waals surface area (Å²) in [5.41, 5.74) is 11.3. The number of Topliss-reactive ketones (excluding diaryl/α,β-unsaturated/α-hetero) is 1. The van der Waals surface area contributed by atoms with Crippen LogP contribution in [0, 0.1) is 11.8 Å². The zero-order valence-electron chi connectivity index (χ0n) is 23.4. The molecule has 2 bridgehead atoms. The third-order valence-corrected chi connectivity index (χ3v) is 6.89. The highest BCUT2D eigenvalue weighted by atomic mass is 16.6. The minimum absolute atomic E-state index is 0.0731. The number of ketones is 2. The number of methoxy groups -OCH3 is 2. The molecule has 12 heteroatoms. The van der Waals surface area contributed by atoms with E-state index in [9.17, 15) is 29.4 Å². The average Bonchev–Trinajstić information content (AvgIpc) is 2.91. The number of fused-ring (bicyclic) bond motifs is 2. The first-order valence-corrected chi connectivity index (χ1v) is 12.8. The second-order valence-electron chi connectivity index (χ2n) is 9.96. The number of ether oxygens (including phenoxy) is 3. The minimum atomic E-state index is -1.15. The lowest BCUT2D eigenvalue weighted by atomic mass is 9.85. The van der Waals surface area contributed by atoms with E-state index in [1.165, 1.54) is 39.4 Å². The predicted octanol–water partition coefficient (Wildman–Crippen LogP) is 0.693. The molecule has 12 nitrogen and oxygen atoms in total. The molecule has 6 atom stereocenters. The fraction of sp³-hybridized carbons (Fsp3) is 0.500. The number of hydrogen-bond acceptors (Lipinski definition) is 10. The van der Waals surface area contributed by atoms with Crippen molar-refractivity contribution in [3.63, 3.8) is 0 Å². The molecule has 0 radical (unpaired) electrons. The van der Waals surface area contributed by atoms with Crippen LogP contribution in [0.3, 0.4) is 0 Å². The van der Waals surface area contributed by atoms with Crippen molar-refractivity contribution >= 4 is 23.6 Å². The molecule has 40 heavy (non-hydrogen) atoms. The first kappa shape index (κ1) is 32.6. The normalized spacial score (nSPS) is 32.8. The van der Waals surface area contributed by atoms with E-state index in [1.54, 1.807) is 13.0 Å². The maximum atomic E-state index is 13.2. The molecule has 0 fully saturated rings. The number of carbonyl (C=O) groups excluding carboxylic acids is 4. The number of nitrogens with two attached hydrogens (primary N) is 2. The molecule has 2 amide bonds. The van der Waals surface area contributed by atoms with E-state index in [0.29, 0.717) is 0 Å². The van der Waals surface area contributed by atoms with E-state index >= 15 is 0 Å². The van der Waals surface area contributed by atoms with Gasteiger partial charge in [-0.15, -0.1) is 0 Å². The van der Waals surface area contributed by atoms with Crippen LogP contribution in [-0.4, -0.2) is 79.0 Å². The summed E-state index contributed by atoms with van der Waals surface area (Å²) in [5.74, 6) is -2.66. The molecule has 220 valence electrons. The summed E-state index contributed by atoms with van der Waals surface area (Å²) in [5, 5.41) is 23.7. The number of aliphatic hydroxyl groups excluding tert-OH is 2. The summed E-state index contributed by atoms with van der Waals surface area (Å²) in [6.45, 7) is 4.47. The van der Waals surface area contributed by atoms with Gasteiger partial charge >= 0.3 is 6.09 Å². The number of amides is 2. The van der Waals surface area contributed by atoms with Crippen molar-refractivity contribution in [3.8, 4) is 0 Å². The number of primary amides is 1. The second-order valence-corrected chi connectivity index (χ2v) is 9.96. The van der Waals surface area contributed by atoms with Gasteiger partial charge in [0.15, 0.2) is 6.10 Å². The molecule has 0 unspecified atom stereocenters. The summed E-state index contributed by atoms with van der Waals surface area (Å²) in [6, 6.07) is 0. The number of hydrogen-bond donors (Lipinski definition) is 5. The average molecular weight is 562 g/mol. The molecular formula is C28H39N3O9. The highest BCUT2D eigenvalue weighted by Gasteiger charge is 2.33. The Morgan fingerprint density at radius 2 is 1.85 bits per heavy atom. The molecule has 1 aliphatic heterocycles. The fourth-order valence-corrected chi connectivity index (χ4v) is 4.61. The van der Waals surface area contributed by atoms with Crippen molar-refractivity contribution in [1.29, 1.82) is 0 Å². The lowest BCUT2D eigenvalue weighted by Crippen LogP contribution is -2.38. The minimum Gasteiger partial charge on any atom is -0.439 e. The summed E-state index contributed by atoms with van der Waals surface area (Å²) < 4.78 is 16.3. The quantitative estimate of drug-likeness (QED) is 0.240. The van der Waals surface area contributed by atoms with Crippen LogP contribution < -0.4 is 16.8 Å². The van der Waals surface area contributed by atoms with Gasteiger partial charge in [0.25, 0.3) is 5.91 Å². The van der Waals surface area contributed by atoms with E-state index < -0.39 is 60.5 Å². The van der Waals surface area contributed by atoms with Crippen molar-refractivity contribution in [2.45, 2.75) is 58.0 Å². The van der Waals surface area contributed by atoms with Crippen LogP contribution in [0.15, 0.2) is 58.5 Å². The van der Waals surface area contributed by atoms with E-state index in [-0.39, 0.29) is 46.9 Å². The molecular weight excluding hydrogens is 522 g/mol. The van der Waals surface area contributed by atoms with Crippen molar-refractivity contribution in [2.75, 3.05) is 20.8 Å². The molecule has 0 aromatic heterocycles. The Hall–Kier alpha value is -3.58. The molecule has 1 aliphatic carbocycles. The lowest BCUT2D eigenvalue weighted by Gasteiger charge is -2.30. The first-order chi connectivity index (χ1) is 18.8. The van der Waals surface area contributed by atoms with Crippen LogP contribution >= 0.6 is 0 Å². The van der Waals surface area contributed by atoms with Gasteiger partial charge in [0, 0.05) is 37.4 Å². The third-order valence-electron chi connectivity index (χ3n) is 6.89. The lowest BCUT2D eigenvalue weighted by molar-refractivity contribution is -0.120. The van der Waals surface area contributed by atoms with Gasteiger partial charge in [-0.25, -0.2) is 4.79 Å². The van der Waals surface area contributed by atoms with Crippen LogP contribution in [0.25, 0.3) is 0 Å². The molecule has 0 aromatic carbocycles. The maximum absolute atomic E-state index is 13.2. The van der Waals surface area contributed by atoms with Crippen molar-refractivity contribution in [1.82, 2.24) is 5.32 Å². The number of rotatable bonds is 4. The smallest absolute Gasteiger partial charge is 0.405 e. The topological polar surface area (TPSA) is 200 Å². The van der Waals surface area contributed by atoms with Crippen molar-refractivity contribution in [3.05, 3.63) is 58.5 Å². The van der Waals surface area contributed by atoms with Gasteiger partial charge in [0.1, 0.15) is 6.10 Å². The Balaban J connectivity index is 2.61. The van der Waals surface area contributed by atoms with Gasteiger partial charge in [-0.3, -0.25) is 14.4 Å². The highest BCUT2D eigenvalue weighted by molar-refractivity contribution is 6.23.